The largest absolute Gasteiger partial charge is 0.396 e. The van der Waals surface area contributed by atoms with Crippen LogP contribution in [-0.4, -0.2) is 51.4 Å². The number of hydrogen-bond acceptors (Lipinski definition) is 5. The minimum Gasteiger partial charge on any atom is -0.396 e. The van der Waals surface area contributed by atoms with Crippen molar-refractivity contribution in [1.82, 2.24) is 25.1 Å². The van der Waals surface area contributed by atoms with Crippen molar-refractivity contribution in [3.05, 3.63) is 30.0 Å². The van der Waals surface area contributed by atoms with E-state index in [1.807, 2.05) is 33.8 Å². The second kappa shape index (κ2) is 9.94. The SMILES string of the molecule is CC.CC.Nc1cn[nH]c1-c1nc2ccc(CN3CCOCC3)cc2[nH]1. The first-order valence-electron chi connectivity index (χ1n) is 9.37. The third-order valence-electron chi connectivity index (χ3n) is 3.96. The van der Waals surface area contributed by atoms with Gasteiger partial charge in [-0.25, -0.2) is 4.98 Å². The van der Waals surface area contributed by atoms with Gasteiger partial charge in [0.15, 0.2) is 5.82 Å². The normalized spacial score (nSPS) is 14.3. The molecule has 1 aromatic carbocycles. The number of aromatic amines is 2. The molecule has 0 saturated carbocycles. The molecular weight excluding hydrogens is 328 g/mol. The van der Waals surface area contributed by atoms with Gasteiger partial charge in [0.1, 0.15) is 5.69 Å². The standard InChI is InChI=1S/C15H18N6O.2C2H6/c16-11-8-17-20-14(11)15-18-12-2-1-10(7-13(12)19-15)9-21-3-5-22-6-4-21;2*1-2/h1-2,7-8H,3-6,9,16H2,(H,17,20)(H,18,19);2*1-2H3. The van der Waals surface area contributed by atoms with Crippen LogP contribution in [-0.2, 0) is 11.3 Å². The lowest BCUT2D eigenvalue weighted by molar-refractivity contribution is 0.0342. The number of hydrogen-bond donors (Lipinski definition) is 3. The molecule has 2 aromatic heterocycles. The maximum atomic E-state index is 5.88. The van der Waals surface area contributed by atoms with Gasteiger partial charge < -0.3 is 15.5 Å². The van der Waals surface area contributed by atoms with Crippen molar-refractivity contribution < 1.29 is 4.74 Å². The maximum Gasteiger partial charge on any atom is 0.158 e. The molecule has 4 rings (SSSR count). The smallest absolute Gasteiger partial charge is 0.158 e. The van der Waals surface area contributed by atoms with Gasteiger partial charge in [-0.15, -0.1) is 0 Å². The monoisotopic (exact) mass is 358 g/mol. The molecule has 0 aliphatic carbocycles. The Balaban J connectivity index is 0.000000570. The van der Waals surface area contributed by atoms with Gasteiger partial charge in [-0.3, -0.25) is 10.00 Å². The number of imidazole rings is 1. The summed E-state index contributed by atoms with van der Waals surface area (Å²) in [4.78, 5) is 10.3. The first-order valence-corrected chi connectivity index (χ1v) is 9.37. The van der Waals surface area contributed by atoms with E-state index in [-0.39, 0.29) is 0 Å². The van der Waals surface area contributed by atoms with Gasteiger partial charge in [-0.05, 0) is 17.7 Å². The number of rotatable bonds is 3. The van der Waals surface area contributed by atoms with Crippen LogP contribution in [0.25, 0.3) is 22.6 Å². The first-order chi connectivity index (χ1) is 12.8. The van der Waals surface area contributed by atoms with Crippen LogP contribution in [0, 0.1) is 0 Å². The molecule has 0 unspecified atom stereocenters. The highest BCUT2D eigenvalue weighted by Gasteiger charge is 2.13. The van der Waals surface area contributed by atoms with E-state index in [4.69, 9.17) is 10.5 Å². The zero-order chi connectivity index (χ0) is 18.9. The van der Waals surface area contributed by atoms with Crippen LogP contribution in [0.3, 0.4) is 0 Å². The Kier molecular flexibility index (Phi) is 7.62. The second-order valence-electron chi connectivity index (χ2n) is 5.53. The van der Waals surface area contributed by atoms with E-state index >= 15 is 0 Å². The molecule has 0 amide bonds. The molecule has 1 saturated heterocycles. The zero-order valence-corrected chi connectivity index (χ0v) is 16.2. The van der Waals surface area contributed by atoms with E-state index in [0.717, 1.165) is 49.6 Å². The van der Waals surface area contributed by atoms with Crippen LogP contribution in [0.15, 0.2) is 24.4 Å². The molecule has 3 aromatic rings. The van der Waals surface area contributed by atoms with Crippen molar-refractivity contribution in [3.63, 3.8) is 0 Å². The minimum absolute atomic E-state index is 0.590. The number of fused-ring (bicyclic) bond motifs is 1. The van der Waals surface area contributed by atoms with Crippen LogP contribution < -0.4 is 5.73 Å². The lowest BCUT2D eigenvalue weighted by Crippen LogP contribution is -2.35. The summed E-state index contributed by atoms with van der Waals surface area (Å²) in [5, 5.41) is 6.81. The lowest BCUT2D eigenvalue weighted by Gasteiger charge is -2.26. The summed E-state index contributed by atoms with van der Waals surface area (Å²) in [5.74, 6) is 0.716. The average Bonchev–Trinajstić information content (AvgIpc) is 3.31. The molecule has 0 radical (unpaired) electrons. The zero-order valence-electron chi connectivity index (χ0n) is 16.2. The van der Waals surface area contributed by atoms with Gasteiger partial charge >= 0.3 is 0 Å². The third kappa shape index (κ3) is 4.62. The summed E-state index contributed by atoms with van der Waals surface area (Å²) in [6.07, 6.45) is 1.59. The fourth-order valence-electron chi connectivity index (χ4n) is 2.78. The molecule has 1 aliphatic heterocycles. The van der Waals surface area contributed by atoms with E-state index in [1.165, 1.54) is 5.56 Å². The van der Waals surface area contributed by atoms with E-state index in [1.54, 1.807) is 6.20 Å². The first kappa shape index (κ1) is 19.9. The number of H-pyrrole nitrogens is 2. The van der Waals surface area contributed by atoms with Crippen LogP contribution in [0.4, 0.5) is 5.69 Å². The summed E-state index contributed by atoms with van der Waals surface area (Å²) >= 11 is 0. The molecule has 0 spiro atoms. The molecule has 1 aliphatic rings. The summed E-state index contributed by atoms with van der Waals surface area (Å²) in [6, 6.07) is 6.31. The van der Waals surface area contributed by atoms with Crippen molar-refractivity contribution in [2.24, 2.45) is 0 Å². The van der Waals surface area contributed by atoms with E-state index in [2.05, 4.69) is 37.2 Å². The van der Waals surface area contributed by atoms with E-state index < -0.39 is 0 Å². The van der Waals surface area contributed by atoms with Gasteiger partial charge in [-0.1, -0.05) is 33.8 Å². The number of aromatic nitrogens is 4. The van der Waals surface area contributed by atoms with Gasteiger partial charge in [0.25, 0.3) is 0 Å². The highest BCUT2D eigenvalue weighted by Crippen LogP contribution is 2.24. The van der Waals surface area contributed by atoms with E-state index in [0.29, 0.717) is 11.5 Å². The lowest BCUT2D eigenvalue weighted by atomic mass is 10.2. The van der Waals surface area contributed by atoms with E-state index in [9.17, 15) is 0 Å². The molecule has 7 heteroatoms. The van der Waals surface area contributed by atoms with Gasteiger partial charge in [0.05, 0.1) is 36.1 Å². The third-order valence-corrected chi connectivity index (χ3v) is 3.96. The van der Waals surface area contributed by atoms with Crippen molar-refractivity contribution >= 4 is 16.7 Å². The number of ether oxygens (including phenoxy) is 1. The average molecular weight is 358 g/mol. The van der Waals surface area contributed by atoms with Crippen LogP contribution in [0.5, 0.6) is 0 Å². The molecular formula is C19H30N6O. The number of morpholine rings is 1. The summed E-state index contributed by atoms with van der Waals surface area (Å²) in [7, 11) is 0. The molecule has 0 bridgehead atoms. The second-order valence-corrected chi connectivity index (χ2v) is 5.53. The molecule has 7 nitrogen and oxygen atoms in total. The Morgan fingerprint density at radius 2 is 1.88 bits per heavy atom. The van der Waals surface area contributed by atoms with Crippen LogP contribution >= 0.6 is 0 Å². The number of benzene rings is 1. The number of nitrogen functional groups attached to an aromatic ring is 1. The Morgan fingerprint density at radius 1 is 1.15 bits per heavy atom. The summed E-state index contributed by atoms with van der Waals surface area (Å²) in [5.41, 5.74) is 10.4. The molecule has 3 heterocycles. The predicted octanol–water partition coefficient (Wildman–Crippen LogP) is 3.42. The topological polar surface area (TPSA) is 95.8 Å². The van der Waals surface area contributed by atoms with Crippen LogP contribution in [0.1, 0.15) is 33.3 Å². The fourth-order valence-corrected chi connectivity index (χ4v) is 2.78. The Morgan fingerprint density at radius 3 is 2.54 bits per heavy atom. The highest BCUT2D eigenvalue weighted by atomic mass is 16.5. The number of nitrogens with one attached hydrogen (secondary N) is 2. The molecule has 26 heavy (non-hydrogen) atoms. The molecule has 142 valence electrons. The predicted molar refractivity (Wildman–Crippen MR) is 107 cm³/mol. The maximum absolute atomic E-state index is 5.88. The van der Waals surface area contributed by atoms with Crippen molar-refractivity contribution in [3.8, 4) is 11.5 Å². The molecule has 0 atom stereocenters. The van der Waals surface area contributed by atoms with Crippen molar-refractivity contribution in [2.45, 2.75) is 34.2 Å². The van der Waals surface area contributed by atoms with Crippen LogP contribution in [0.2, 0.25) is 0 Å². The van der Waals surface area contributed by atoms with Gasteiger partial charge in [0, 0.05) is 19.6 Å². The molecule has 4 N–H and O–H groups in total. The summed E-state index contributed by atoms with van der Waals surface area (Å²) in [6.45, 7) is 12.5. The molecule has 1 fully saturated rings. The van der Waals surface area contributed by atoms with Crippen molar-refractivity contribution in [1.29, 1.82) is 0 Å². The number of anilines is 1. The fraction of sp³-hybridized carbons (Fsp3) is 0.474. The number of nitrogens with zero attached hydrogens (tertiary/aromatic N) is 3. The Labute approximate surface area is 154 Å². The Hall–Kier alpha value is -2.38. The number of nitrogens with two attached hydrogens (primary N) is 1. The van der Waals surface area contributed by atoms with Crippen molar-refractivity contribution in [2.75, 3.05) is 32.0 Å². The quantitative estimate of drug-likeness (QED) is 0.667. The minimum atomic E-state index is 0.590. The van der Waals surface area contributed by atoms with Gasteiger partial charge in [-0.2, -0.15) is 5.10 Å². The van der Waals surface area contributed by atoms with Gasteiger partial charge in [0.2, 0.25) is 0 Å². The Bertz CT molecular complexity index is 788. The highest BCUT2D eigenvalue weighted by molar-refractivity contribution is 5.81. The summed E-state index contributed by atoms with van der Waals surface area (Å²) < 4.78 is 5.38.